The lowest BCUT2D eigenvalue weighted by Crippen LogP contribution is -1.97. The normalized spacial score (nSPS) is 13.4. The summed E-state index contributed by atoms with van der Waals surface area (Å²) < 4.78 is 5.97. The molecule has 0 radical (unpaired) electrons. The molecule has 0 atom stereocenters. The Hall–Kier alpha value is -1.68. The van der Waals surface area contributed by atoms with Gasteiger partial charge in [0.15, 0.2) is 0 Å². The lowest BCUT2D eigenvalue weighted by Gasteiger charge is -2.07. The Labute approximate surface area is 111 Å². The number of aromatic nitrogens is 2. The molecule has 18 heavy (non-hydrogen) atoms. The molecule has 1 aliphatic rings. The molecule has 0 saturated carbocycles. The summed E-state index contributed by atoms with van der Waals surface area (Å²) in [5, 5.41) is 0. The van der Waals surface area contributed by atoms with Crippen molar-refractivity contribution in [3.05, 3.63) is 40.2 Å². The van der Waals surface area contributed by atoms with Gasteiger partial charge in [0.2, 0.25) is 0 Å². The molecule has 0 amide bonds. The summed E-state index contributed by atoms with van der Waals surface area (Å²) in [6.45, 7) is 0. The van der Waals surface area contributed by atoms with E-state index in [-0.39, 0.29) is 0 Å². The van der Waals surface area contributed by atoms with E-state index in [1.807, 2.05) is 24.3 Å². The number of fused-ring (bicyclic) bond motifs is 1. The third kappa shape index (κ3) is 1.93. The van der Waals surface area contributed by atoms with E-state index in [1.165, 1.54) is 17.7 Å². The van der Waals surface area contributed by atoms with Gasteiger partial charge in [-0.3, -0.25) is 0 Å². The average molecular weight is 258 g/mol. The minimum absolute atomic E-state index is 0.735. The number of aryl methyl sites for hydroxylation is 1. The number of hydrogen-bond acceptors (Lipinski definition) is 3. The molecule has 3 rings (SSSR count). The number of ether oxygens (including phenoxy) is 1. The monoisotopic (exact) mass is 258 g/mol. The second-order valence-corrected chi connectivity index (χ2v) is 4.82. The van der Waals surface area contributed by atoms with E-state index in [4.69, 9.17) is 17.0 Å². The maximum Gasteiger partial charge on any atom is 0.139 e. The Morgan fingerprint density at radius 2 is 2.22 bits per heavy atom. The molecule has 0 saturated heterocycles. The van der Waals surface area contributed by atoms with E-state index in [0.29, 0.717) is 0 Å². The first-order chi connectivity index (χ1) is 8.78. The predicted molar refractivity (Wildman–Crippen MR) is 73.4 cm³/mol. The first kappa shape index (κ1) is 11.4. The van der Waals surface area contributed by atoms with Crippen molar-refractivity contribution in [2.75, 3.05) is 7.11 Å². The molecule has 0 fully saturated rings. The van der Waals surface area contributed by atoms with Crippen LogP contribution < -0.4 is 4.74 Å². The molecule has 0 aliphatic heterocycles. The lowest BCUT2D eigenvalue weighted by molar-refractivity contribution is 0.415. The SMILES string of the molecule is COc1cccc(-c2nc(=S)c3c([nH]2)CCC3)c1. The van der Waals surface area contributed by atoms with E-state index in [9.17, 15) is 0 Å². The van der Waals surface area contributed by atoms with E-state index in [0.717, 1.165) is 34.6 Å². The molecule has 3 nitrogen and oxygen atoms in total. The predicted octanol–water partition coefficient (Wildman–Crippen LogP) is 3.30. The second-order valence-electron chi connectivity index (χ2n) is 4.43. The zero-order chi connectivity index (χ0) is 12.5. The summed E-state index contributed by atoms with van der Waals surface area (Å²) in [4.78, 5) is 7.89. The number of H-pyrrole nitrogens is 1. The molecule has 4 heteroatoms. The fraction of sp³-hybridized carbons (Fsp3) is 0.286. The Kier molecular flexibility index (Phi) is 2.88. The molecule has 1 aromatic carbocycles. The molecular weight excluding hydrogens is 244 g/mol. The summed E-state index contributed by atoms with van der Waals surface area (Å²) in [7, 11) is 1.66. The Morgan fingerprint density at radius 1 is 1.33 bits per heavy atom. The van der Waals surface area contributed by atoms with Crippen molar-refractivity contribution in [1.82, 2.24) is 9.97 Å². The van der Waals surface area contributed by atoms with Gasteiger partial charge in [-0.1, -0.05) is 24.4 Å². The van der Waals surface area contributed by atoms with Crippen molar-refractivity contribution in [2.45, 2.75) is 19.3 Å². The zero-order valence-corrected chi connectivity index (χ0v) is 11.0. The van der Waals surface area contributed by atoms with Crippen LogP contribution in [-0.2, 0) is 12.8 Å². The highest BCUT2D eigenvalue weighted by atomic mass is 32.1. The first-order valence-electron chi connectivity index (χ1n) is 6.04. The van der Waals surface area contributed by atoms with Gasteiger partial charge in [-0.05, 0) is 31.4 Å². The van der Waals surface area contributed by atoms with Crippen LogP contribution in [0.3, 0.4) is 0 Å². The Balaban J connectivity index is 2.12. The van der Waals surface area contributed by atoms with Gasteiger partial charge in [0.05, 0.1) is 7.11 Å². The molecule has 1 aliphatic carbocycles. The number of methoxy groups -OCH3 is 1. The minimum Gasteiger partial charge on any atom is -0.497 e. The molecule has 0 bridgehead atoms. The average Bonchev–Trinajstić information content (AvgIpc) is 2.87. The molecule has 1 aromatic heterocycles. The van der Waals surface area contributed by atoms with Gasteiger partial charge < -0.3 is 9.72 Å². The van der Waals surface area contributed by atoms with Crippen molar-refractivity contribution < 1.29 is 4.74 Å². The zero-order valence-electron chi connectivity index (χ0n) is 10.2. The third-order valence-corrected chi connectivity index (χ3v) is 3.64. The number of nitrogens with one attached hydrogen (secondary N) is 1. The fourth-order valence-electron chi connectivity index (χ4n) is 2.36. The molecule has 1 heterocycles. The van der Waals surface area contributed by atoms with Crippen LogP contribution in [0, 0.1) is 4.64 Å². The standard InChI is InChI=1S/C14H14N2OS/c1-17-10-5-2-4-9(8-10)13-15-12-7-3-6-11(12)14(18)16-13/h2,4-5,8H,3,6-7H2,1H3,(H,15,16,18). The van der Waals surface area contributed by atoms with Gasteiger partial charge >= 0.3 is 0 Å². The molecule has 0 unspecified atom stereocenters. The summed E-state index contributed by atoms with van der Waals surface area (Å²) in [5.41, 5.74) is 3.47. The van der Waals surface area contributed by atoms with Gasteiger partial charge in [-0.15, -0.1) is 0 Å². The summed E-state index contributed by atoms with van der Waals surface area (Å²) >= 11 is 5.37. The molecule has 0 spiro atoms. The van der Waals surface area contributed by atoms with Crippen LogP contribution in [0.15, 0.2) is 24.3 Å². The lowest BCUT2D eigenvalue weighted by atomic mass is 10.2. The van der Waals surface area contributed by atoms with Gasteiger partial charge in [0.1, 0.15) is 16.2 Å². The third-order valence-electron chi connectivity index (χ3n) is 3.30. The number of rotatable bonds is 2. The van der Waals surface area contributed by atoms with Crippen molar-refractivity contribution in [1.29, 1.82) is 0 Å². The Morgan fingerprint density at radius 3 is 3.06 bits per heavy atom. The number of benzene rings is 1. The van der Waals surface area contributed by atoms with Crippen molar-refractivity contribution in [2.24, 2.45) is 0 Å². The van der Waals surface area contributed by atoms with Crippen LogP contribution in [-0.4, -0.2) is 17.1 Å². The quantitative estimate of drug-likeness (QED) is 0.840. The number of nitrogens with zero attached hydrogens (tertiary/aromatic N) is 1. The topological polar surface area (TPSA) is 37.9 Å². The fourth-order valence-corrected chi connectivity index (χ4v) is 2.68. The first-order valence-corrected chi connectivity index (χ1v) is 6.45. The van der Waals surface area contributed by atoms with Crippen LogP contribution in [0.25, 0.3) is 11.4 Å². The highest BCUT2D eigenvalue weighted by molar-refractivity contribution is 7.71. The van der Waals surface area contributed by atoms with Crippen LogP contribution in [0.4, 0.5) is 0 Å². The minimum atomic E-state index is 0.735. The van der Waals surface area contributed by atoms with Crippen LogP contribution in [0.5, 0.6) is 5.75 Å². The van der Waals surface area contributed by atoms with E-state index in [2.05, 4.69) is 9.97 Å². The number of hydrogen-bond donors (Lipinski definition) is 1. The van der Waals surface area contributed by atoms with Crippen molar-refractivity contribution in [3.63, 3.8) is 0 Å². The molecule has 2 aromatic rings. The summed E-state index contributed by atoms with van der Waals surface area (Å²) in [5.74, 6) is 1.66. The van der Waals surface area contributed by atoms with Crippen molar-refractivity contribution in [3.8, 4) is 17.1 Å². The van der Waals surface area contributed by atoms with Crippen molar-refractivity contribution >= 4 is 12.2 Å². The largest absolute Gasteiger partial charge is 0.497 e. The summed E-state index contributed by atoms with van der Waals surface area (Å²) in [6.07, 6.45) is 3.28. The molecule has 92 valence electrons. The maximum atomic E-state index is 5.37. The van der Waals surface area contributed by atoms with Gasteiger partial charge in [-0.2, -0.15) is 0 Å². The summed E-state index contributed by atoms with van der Waals surface area (Å²) in [6, 6.07) is 7.86. The maximum absolute atomic E-state index is 5.37. The van der Waals surface area contributed by atoms with Crippen LogP contribution in [0.2, 0.25) is 0 Å². The van der Waals surface area contributed by atoms with Gasteiger partial charge in [0, 0.05) is 16.8 Å². The van der Waals surface area contributed by atoms with E-state index < -0.39 is 0 Å². The molecular formula is C14H14N2OS. The second kappa shape index (κ2) is 4.53. The van der Waals surface area contributed by atoms with E-state index in [1.54, 1.807) is 7.11 Å². The highest BCUT2D eigenvalue weighted by Crippen LogP contribution is 2.25. The smallest absolute Gasteiger partial charge is 0.139 e. The number of aromatic amines is 1. The Bertz CT molecular complexity index is 648. The van der Waals surface area contributed by atoms with Gasteiger partial charge in [-0.25, -0.2) is 4.98 Å². The van der Waals surface area contributed by atoms with Crippen LogP contribution in [0.1, 0.15) is 17.7 Å². The molecule has 1 N–H and O–H groups in total. The van der Waals surface area contributed by atoms with E-state index >= 15 is 0 Å². The van der Waals surface area contributed by atoms with Gasteiger partial charge in [0.25, 0.3) is 0 Å². The highest BCUT2D eigenvalue weighted by Gasteiger charge is 2.15. The van der Waals surface area contributed by atoms with Crippen LogP contribution >= 0.6 is 12.2 Å².